The second-order valence-corrected chi connectivity index (χ2v) is 7.45. The lowest BCUT2D eigenvalue weighted by atomic mass is 9.87. The lowest BCUT2D eigenvalue weighted by Crippen LogP contribution is -2.51. The van der Waals surface area contributed by atoms with Crippen molar-refractivity contribution < 1.29 is 9.18 Å². The second kappa shape index (κ2) is 5.20. The highest BCUT2D eigenvalue weighted by atomic mass is 35.5. The van der Waals surface area contributed by atoms with E-state index in [4.69, 9.17) is 17.3 Å². The molecule has 0 aromatic heterocycles. The SMILES string of the molecule is NC1=N[C@@]2(CCN3C(=O)c4cc(Cl)ccc4C3C2)Nc2cccc(F)c21. The van der Waals surface area contributed by atoms with Gasteiger partial charge in [-0.25, -0.2) is 9.38 Å². The summed E-state index contributed by atoms with van der Waals surface area (Å²) < 4.78 is 14.1. The van der Waals surface area contributed by atoms with Crippen LogP contribution in [0, 0.1) is 5.82 Å². The maximum atomic E-state index is 14.1. The number of piperidine rings is 1. The van der Waals surface area contributed by atoms with E-state index in [9.17, 15) is 9.18 Å². The van der Waals surface area contributed by atoms with Crippen LogP contribution in [0.3, 0.4) is 0 Å². The number of anilines is 1. The van der Waals surface area contributed by atoms with Crippen molar-refractivity contribution in [2.24, 2.45) is 10.7 Å². The van der Waals surface area contributed by atoms with Gasteiger partial charge >= 0.3 is 0 Å². The largest absolute Gasteiger partial charge is 0.383 e. The van der Waals surface area contributed by atoms with Gasteiger partial charge in [-0.15, -0.1) is 0 Å². The fraction of sp³-hybridized carbons (Fsp3) is 0.263. The van der Waals surface area contributed by atoms with Crippen LogP contribution in [0.5, 0.6) is 0 Å². The maximum absolute atomic E-state index is 14.1. The molecule has 3 aliphatic rings. The van der Waals surface area contributed by atoms with Crippen molar-refractivity contribution in [3.8, 4) is 0 Å². The molecule has 2 aromatic carbocycles. The van der Waals surface area contributed by atoms with E-state index in [1.807, 2.05) is 17.0 Å². The normalized spacial score (nSPS) is 26.1. The number of nitrogens with zero attached hydrogens (tertiary/aromatic N) is 2. The predicted octanol–water partition coefficient (Wildman–Crippen LogP) is 3.30. The molecular weight excluding hydrogens is 355 g/mol. The van der Waals surface area contributed by atoms with Crippen LogP contribution in [0.4, 0.5) is 10.1 Å². The third-order valence-corrected chi connectivity index (χ3v) is 5.75. The zero-order chi connectivity index (χ0) is 18.1. The number of hydrogen-bond donors (Lipinski definition) is 2. The van der Waals surface area contributed by atoms with Crippen molar-refractivity contribution in [3.05, 3.63) is 63.9 Å². The van der Waals surface area contributed by atoms with Crippen LogP contribution in [-0.4, -0.2) is 28.9 Å². The number of amidine groups is 1. The van der Waals surface area contributed by atoms with Gasteiger partial charge < -0.3 is 16.0 Å². The van der Waals surface area contributed by atoms with E-state index < -0.39 is 5.66 Å². The van der Waals surface area contributed by atoms with Gasteiger partial charge in [0.1, 0.15) is 17.3 Å². The van der Waals surface area contributed by atoms with E-state index in [0.29, 0.717) is 41.2 Å². The maximum Gasteiger partial charge on any atom is 0.254 e. The lowest BCUT2D eigenvalue weighted by Gasteiger charge is -2.44. The number of benzene rings is 2. The van der Waals surface area contributed by atoms with Crippen molar-refractivity contribution >= 4 is 29.0 Å². The number of aliphatic imine (C=N–C) groups is 1. The first-order valence-electron chi connectivity index (χ1n) is 8.50. The van der Waals surface area contributed by atoms with Crippen LogP contribution in [0.2, 0.25) is 5.02 Å². The molecule has 0 radical (unpaired) electrons. The topological polar surface area (TPSA) is 70.7 Å². The third-order valence-electron chi connectivity index (χ3n) is 5.51. The highest BCUT2D eigenvalue weighted by Crippen LogP contribution is 2.47. The molecule has 5 rings (SSSR count). The Bertz CT molecular complexity index is 991. The fourth-order valence-electron chi connectivity index (χ4n) is 4.34. The Kier molecular flexibility index (Phi) is 3.13. The molecule has 1 saturated heterocycles. The average molecular weight is 371 g/mol. The molecule has 26 heavy (non-hydrogen) atoms. The Balaban J connectivity index is 1.56. The van der Waals surface area contributed by atoms with Crippen molar-refractivity contribution in [2.45, 2.75) is 24.5 Å². The van der Waals surface area contributed by atoms with Gasteiger partial charge in [-0.1, -0.05) is 23.7 Å². The lowest BCUT2D eigenvalue weighted by molar-refractivity contribution is 0.0606. The van der Waals surface area contributed by atoms with Gasteiger partial charge in [0.25, 0.3) is 5.91 Å². The molecular formula is C19H16ClFN4O. The van der Waals surface area contributed by atoms with Gasteiger partial charge in [-0.2, -0.15) is 0 Å². The van der Waals surface area contributed by atoms with Gasteiger partial charge in [0, 0.05) is 35.7 Å². The Morgan fingerprint density at radius 1 is 1.35 bits per heavy atom. The molecule has 1 spiro atoms. The predicted molar refractivity (Wildman–Crippen MR) is 97.9 cm³/mol. The van der Waals surface area contributed by atoms with E-state index in [1.165, 1.54) is 6.07 Å². The summed E-state index contributed by atoms with van der Waals surface area (Å²) in [7, 11) is 0. The Morgan fingerprint density at radius 3 is 3.04 bits per heavy atom. The fourth-order valence-corrected chi connectivity index (χ4v) is 4.51. The first kappa shape index (κ1) is 15.6. The summed E-state index contributed by atoms with van der Waals surface area (Å²) in [5.41, 5.74) is 8.03. The van der Waals surface area contributed by atoms with Crippen LogP contribution in [0.25, 0.3) is 0 Å². The van der Waals surface area contributed by atoms with E-state index in [2.05, 4.69) is 10.3 Å². The molecule has 7 heteroatoms. The molecule has 1 fully saturated rings. The van der Waals surface area contributed by atoms with Crippen LogP contribution >= 0.6 is 11.6 Å². The molecule has 3 aliphatic heterocycles. The number of fused-ring (bicyclic) bond motifs is 4. The van der Waals surface area contributed by atoms with Gasteiger partial charge in [0.15, 0.2) is 0 Å². The zero-order valence-electron chi connectivity index (χ0n) is 13.8. The number of carbonyl (C=O) groups excluding carboxylic acids is 1. The van der Waals surface area contributed by atoms with Crippen LogP contribution in [0.15, 0.2) is 41.4 Å². The Labute approximate surface area is 154 Å². The molecule has 2 atom stereocenters. The molecule has 0 bridgehead atoms. The minimum Gasteiger partial charge on any atom is -0.383 e. The molecule has 1 unspecified atom stereocenters. The molecule has 0 aliphatic carbocycles. The number of hydrogen-bond acceptors (Lipinski definition) is 4. The molecule has 5 nitrogen and oxygen atoms in total. The molecule has 1 amide bonds. The van der Waals surface area contributed by atoms with E-state index in [0.717, 1.165) is 5.56 Å². The first-order chi connectivity index (χ1) is 12.5. The van der Waals surface area contributed by atoms with Crippen molar-refractivity contribution in [3.63, 3.8) is 0 Å². The van der Waals surface area contributed by atoms with Gasteiger partial charge in [-0.3, -0.25) is 4.79 Å². The highest BCUT2D eigenvalue weighted by molar-refractivity contribution is 6.31. The Hall–Kier alpha value is -2.60. The molecule has 132 valence electrons. The second-order valence-electron chi connectivity index (χ2n) is 7.02. The number of nitrogens with two attached hydrogens (primary N) is 1. The van der Waals surface area contributed by atoms with Gasteiger partial charge in [0.2, 0.25) is 0 Å². The summed E-state index contributed by atoms with van der Waals surface area (Å²) in [6, 6.07) is 10.2. The van der Waals surface area contributed by atoms with Crippen molar-refractivity contribution in [1.29, 1.82) is 0 Å². The van der Waals surface area contributed by atoms with Crippen LogP contribution in [-0.2, 0) is 0 Å². The zero-order valence-corrected chi connectivity index (χ0v) is 14.6. The van der Waals surface area contributed by atoms with E-state index in [-0.39, 0.29) is 23.6 Å². The van der Waals surface area contributed by atoms with E-state index in [1.54, 1.807) is 18.2 Å². The number of amides is 1. The molecule has 3 N–H and O–H groups in total. The van der Waals surface area contributed by atoms with Crippen LogP contribution < -0.4 is 11.1 Å². The highest BCUT2D eigenvalue weighted by Gasteiger charge is 2.48. The summed E-state index contributed by atoms with van der Waals surface area (Å²) in [5.74, 6) is -0.188. The van der Waals surface area contributed by atoms with Gasteiger partial charge in [0.05, 0.1) is 11.6 Å². The number of halogens is 2. The van der Waals surface area contributed by atoms with Crippen molar-refractivity contribution in [2.75, 3.05) is 11.9 Å². The summed E-state index contributed by atoms with van der Waals surface area (Å²) in [6.07, 6.45) is 1.18. The standard InChI is InChI=1S/C19H16ClFN4O/c20-10-4-5-11-12(8-10)18(26)25-7-6-19(9-15(11)25)23-14-3-1-2-13(21)16(14)17(22)24-19/h1-5,8,15,23H,6-7,9H2,(H2,22,24)/t15?,19-/m1/s1. The molecule has 0 saturated carbocycles. The van der Waals surface area contributed by atoms with E-state index >= 15 is 0 Å². The van der Waals surface area contributed by atoms with Gasteiger partial charge in [-0.05, 0) is 29.8 Å². The number of carbonyl (C=O) groups is 1. The van der Waals surface area contributed by atoms with Crippen molar-refractivity contribution in [1.82, 2.24) is 4.90 Å². The van der Waals surface area contributed by atoms with Crippen LogP contribution in [0.1, 0.15) is 40.4 Å². The minimum atomic E-state index is -0.645. The molecule has 2 aromatic rings. The Morgan fingerprint density at radius 2 is 2.19 bits per heavy atom. The summed E-state index contributed by atoms with van der Waals surface area (Å²) >= 11 is 6.06. The minimum absolute atomic E-state index is 0.00144. The summed E-state index contributed by atoms with van der Waals surface area (Å²) in [5, 5.41) is 3.93. The summed E-state index contributed by atoms with van der Waals surface area (Å²) in [4.78, 5) is 19.2. The first-order valence-corrected chi connectivity index (χ1v) is 8.88. The summed E-state index contributed by atoms with van der Waals surface area (Å²) in [6.45, 7) is 0.546. The smallest absolute Gasteiger partial charge is 0.254 e. The monoisotopic (exact) mass is 370 g/mol. The average Bonchev–Trinajstić information content (AvgIpc) is 2.86. The third kappa shape index (κ3) is 2.08. The quantitative estimate of drug-likeness (QED) is 0.747. The molecule has 3 heterocycles. The number of nitrogens with one attached hydrogen (secondary N) is 1. The number of rotatable bonds is 0.